The highest BCUT2D eigenvalue weighted by atomic mass is 79.9. The first kappa shape index (κ1) is 31.0. The number of hydrogen-bond acceptors (Lipinski definition) is 6. The Morgan fingerprint density at radius 1 is 0.708 bits per heavy atom. The number of rotatable bonds is 7. The Hall–Kier alpha value is -4.30. The van der Waals surface area contributed by atoms with Crippen LogP contribution in [0.2, 0.25) is 0 Å². The van der Waals surface area contributed by atoms with E-state index >= 15 is 0 Å². The van der Waals surface area contributed by atoms with E-state index in [0.717, 1.165) is 21.8 Å². The highest BCUT2D eigenvalue weighted by Crippen LogP contribution is 2.43. The minimum Gasteiger partial charge on any atom is -0.476 e. The topological polar surface area (TPSA) is 151 Å². The van der Waals surface area contributed by atoms with Crippen molar-refractivity contribution < 1.29 is 29.4 Å². The molecule has 0 spiro atoms. The minimum atomic E-state index is -1.13. The predicted molar refractivity (Wildman–Crippen MR) is 179 cm³/mol. The fourth-order valence-electron chi connectivity index (χ4n) is 7.98. The molecule has 6 heterocycles. The maximum absolute atomic E-state index is 13.7. The highest BCUT2D eigenvalue weighted by Gasteiger charge is 2.43. The lowest BCUT2D eigenvalue weighted by Gasteiger charge is -2.22. The summed E-state index contributed by atoms with van der Waals surface area (Å²) in [7, 11) is 0. The lowest BCUT2D eigenvalue weighted by Crippen LogP contribution is -2.30. The Balaban J connectivity index is 1.15. The molecule has 2 aromatic heterocycles. The van der Waals surface area contributed by atoms with Gasteiger partial charge in [-0.15, -0.1) is 0 Å². The molecule has 4 aliphatic heterocycles. The average Bonchev–Trinajstić information content (AvgIpc) is 3.85. The summed E-state index contributed by atoms with van der Waals surface area (Å²) < 4.78 is 5.25. The van der Waals surface area contributed by atoms with Crippen LogP contribution in [0.25, 0.3) is 11.4 Å². The van der Waals surface area contributed by atoms with Crippen molar-refractivity contribution in [3.05, 3.63) is 90.9 Å². The molecule has 0 unspecified atom stereocenters. The molecule has 4 aromatic rings. The molecule has 2 N–H and O–H groups in total. The zero-order valence-corrected chi connectivity index (χ0v) is 28.8. The van der Waals surface area contributed by atoms with Crippen molar-refractivity contribution in [3.8, 4) is 11.4 Å². The van der Waals surface area contributed by atoms with Crippen LogP contribution in [0.4, 0.5) is 0 Å². The fourth-order valence-corrected chi connectivity index (χ4v) is 8.70. The third-order valence-electron chi connectivity index (χ3n) is 9.94. The van der Waals surface area contributed by atoms with Gasteiger partial charge in [-0.25, -0.2) is 19.6 Å². The summed E-state index contributed by atoms with van der Waals surface area (Å²) in [4.78, 5) is 65.2. The quantitative estimate of drug-likeness (QED) is 0.213. The maximum atomic E-state index is 13.7. The summed E-state index contributed by atoms with van der Waals surface area (Å²) in [6.07, 6.45) is 4.90. The number of aromatic nitrogens is 4. The first-order valence-corrected chi connectivity index (χ1v) is 17.6. The van der Waals surface area contributed by atoms with Crippen molar-refractivity contribution in [1.29, 1.82) is 0 Å². The van der Waals surface area contributed by atoms with Crippen LogP contribution in [0.15, 0.2) is 45.3 Å². The number of hydrogen-bond donors (Lipinski definition) is 2. The number of nitrogens with zero attached hydrogens (tertiary/aromatic N) is 6. The van der Waals surface area contributed by atoms with Crippen molar-refractivity contribution in [3.63, 3.8) is 0 Å². The third-order valence-corrected chi connectivity index (χ3v) is 10.9. The van der Waals surface area contributed by atoms with Crippen LogP contribution in [0.3, 0.4) is 0 Å². The van der Waals surface area contributed by atoms with Gasteiger partial charge in [-0.2, -0.15) is 0 Å². The van der Waals surface area contributed by atoms with E-state index in [0.29, 0.717) is 97.2 Å². The number of unbranched alkanes of at least 4 members (excludes halogenated alkanes) is 1. The Labute approximate surface area is 291 Å². The molecule has 246 valence electrons. The van der Waals surface area contributed by atoms with Crippen molar-refractivity contribution in [2.24, 2.45) is 0 Å². The zero-order valence-electron chi connectivity index (χ0n) is 25.7. The van der Waals surface area contributed by atoms with Crippen molar-refractivity contribution >= 4 is 55.6 Å². The van der Waals surface area contributed by atoms with Gasteiger partial charge in [0.1, 0.15) is 11.6 Å². The second-order valence-electron chi connectivity index (χ2n) is 12.6. The number of halogens is 2. The number of benzene rings is 2. The SMILES string of the molecule is O=C(O)c1nc(CCCCc2nc(C(=O)O)c3n2-c2ccc(Br)cc2C(=O)N2CCC[C@@H]32)n2c1[C@@H]1CCCN1C(=O)c1cc(Br)ccc1-2. The largest absolute Gasteiger partial charge is 0.476 e. The molecule has 14 heteroatoms. The minimum absolute atomic E-state index is 0.0382. The average molecular weight is 778 g/mol. The number of carboxylic acids is 2. The van der Waals surface area contributed by atoms with E-state index in [-0.39, 0.29) is 35.3 Å². The molecule has 4 aliphatic rings. The molecule has 8 rings (SSSR count). The molecule has 0 saturated carbocycles. The number of aromatic carboxylic acids is 2. The van der Waals surface area contributed by atoms with Gasteiger partial charge in [-0.05, 0) is 74.9 Å². The summed E-state index contributed by atoms with van der Waals surface area (Å²) in [5, 5.41) is 20.5. The van der Waals surface area contributed by atoms with Gasteiger partial charge in [0.05, 0.1) is 46.0 Å². The molecular formula is C34H30Br2N6O6. The molecule has 0 radical (unpaired) electrons. The van der Waals surface area contributed by atoms with Gasteiger partial charge in [0.2, 0.25) is 0 Å². The van der Waals surface area contributed by atoms with E-state index < -0.39 is 11.9 Å². The second kappa shape index (κ2) is 11.7. The normalized spacial score (nSPS) is 19.2. The van der Waals surface area contributed by atoms with Crippen LogP contribution in [0, 0.1) is 0 Å². The fraction of sp³-hybridized carbons (Fsp3) is 0.353. The van der Waals surface area contributed by atoms with Gasteiger partial charge in [-0.1, -0.05) is 31.9 Å². The molecule has 12 nitrogen and oxygen atoms in total. The van der Waals surface area contributed by atoms with Gasteiger partial charge in [0.15, 0.2) is 11.4 Å². The number of amides is 2. The van der Waals surface area contributed by atoms with E-state index in [9.17, 15) is 29.4 Å². The Morgan fingerprint density at radius 3 is 1.52 bits per heavy atom. The van der Waals surface area contributed by atoms with Gasteiger partial charge in [-0.3, -0.25) is 18.7 Å². The second-order valence-corrected chi connectivity index (χ2v) is 14.5. The standard InChI is InChI=1S/C34H30Br2N6O6/c35-17-9-11-21-19(15-17)31(43)39-13-3-5-23(39)29-27(33(45)46)37-25(41(21)29)7-1-2-8-26-38-28(34(47)48)30-24-6-4-14-40(24)32(44)20-16-18(36)10-12-22(20)42(26)30/h9-12,15-16,23-24H,1-8,13-14H2,(H,45,46)(H,47,48)/t23-,24-/m0/s1. The molecule has 0 bridgehead atoms. The number of imidazole rings is 2. The number of carbonyl (C=O) groups is 4. The Morgan fingerprint density at radius 2 is 1.12 bits per heavy atom. The molecular weight excluding hydrogens is 748 g/mol. The molecule has 0 aliphatic carbocycles. The molecule has 2 saturated heterocycles. The van der Waals surface area contributed by atoms with Crippen molar-refractivity contribution in [2.45, 2.75) is 63.5 Å². The maximum Gasteiger partial charge on any atom is 0.356 e. The molecule has 48 heavy (non-hydrogen) atoms. The lowest BCUT2D eigenvalue weighted by atomic mass is 10.1. The van der Waals surface area contributed by atoms with Crippen LogP contribution in [0.5, 0.6) is 0 Å². The van der Waals surface area contributed by atoms with Crippen LogP contribution >= 0.6 is 31.9 Å². The molecule has 2 fully saturated rings. The number of carbonyl (C=O) groups excluding carboxylic acids is 2. The smallest absolute Gasteiger partial charge is 0.356 e. The summed E-state index contributed by atoms with van der Waals surface area (Å²) in [5.74, 6) is -1.40. The number of fused-ring (bicyclic) bond motifs is 10. The van der Waals surface area contributed by atoms with E-state index in [1.54, 1.807) is 21.9 Å². The molecule has 2 aromatic carbocycles. The predicted octanol–water partition coefficient (Wildman–Crippen LogP) is 6.13. The van der Waals surface area contributed by atoms with E-state index in [2.05, 4.69) is 41.8 Å². The van der Waals surface area contributed by atoms with Gasteiger partial charge in [0.25, 0.3) is 11.8 Å². The van der Waals surface area contributed by atoms with Crippen molar-refractivity contribution in [2.75, 3.05) is 13.1 Å². The van der Waals surface area contributed by atoms with Crippen LogP contribution in [0.1, 0.15) is 115 Å². The van der Waals surface area contributed by atoms with Crippen LogP contribution in [-0.4, -0.2) is 76.0 Å². The van der Waals surface area contributed by atoms with Crippen LogP contribution < -0.4 is 0 Å². The van der Waals surface area contributed by atoms with E-state index in [1.807, 2.05) is 33.4 Å². The van der Waals surface area contributed by atoms with Gasteiger partial charge < -0.3 is 20.0 Å². The summed E-state index contributed by atoms with van der Waals surface area (Å²) in [6, 6.07) is 10.1. The first-order valence-electron chi connectivity index (χ1n) is 16.1. The van der Waals surface area contributed by atoms with E-state index in [4.69, 9.17) is 0 Å². The van der Waals surface area contributed by atoms with Gasteiger partial charge in [0, 0.05) is 34.9 Å². The van der Waals surface area contributed by atoms with Gasteiger partial charge >= 0.3 is 11.9 Å². The number of aryl methyl sites for hydroxylation is 2. The highest BCUT2D eigenvalue weighted by molar-refractivity contribution is 9.10. The molecule has 2 amide bonds. The number of carboxylic acid groups (broad SMARTS) is 2. The first-order chi connectivity index (χ1) is 23.1. The van der Waals surface area contributed by atoms with E-state index in [1.165, 1.54) is 0 Å². The third kappa shape index (κ3) is 4.74. The molecule has 2 atom stereocenters. The summed E-state index contributed by atoms with van der Waals surface area (Å²) in [6.45, 7) is 1.10. The van der Waals surface area contributed by atoms with Crippen LogP contribution in [-0.2, 0) is 12.8 Å². The Bertz CT molecular complexity index is 1920. The Kier molecular flexibility index (Phi) is 7.55. The monoisotopic (exact) mass is 776 g/mol. The lowest BCUT2D eigenvalue weighted by molar-refractivity contribution is 0.0669. The van der Waals surface area contributed by atoms with Crippen molar-refractivity contribution in [1.82, 2.24) is 28.9 Å². The summed E-state index contributed by atoms with van der Waals surface area (Å²) in [5.41, 5.74) is 3.19. The zero-order chi connectivity index (χ0) is 33.4. The summed E-state index contributed by atoms with van der Waals surface area (Å²) >= 11 is 6.98.